The summed E-state index contributed by atoms with van der Waals surface area (Å²) in [7, 11) is 1.86. The number of nitrogens with one attached hydrogen (secondary N) is 1. The molecule has 0 atom stereocenters. The quantitative estimate of drug-likeness (QED) is 0.923. The van der Waals surface area contributed by atoms with E-state index >= 15 is 0 Å². The molecule has 5 heteroatoms. The predicted octanol–water partition coefficient (Wildman–Crippen LogP) is 3.45. The van der Waals surface area contributed by atoms with Crippen molar-refractivity contribution in [1.29, 1.82) is 0 Å². The van der Waals surface area contributed by atoms with Crippen molar-refractivity contribution in [1.82, 2.24) is 14.7 Å². The number of piperidine rings is 1. The lowest BCUT2D eigenvalue weighted by atomic mass is 9.87. The van der Waals surface area contributed by atoms with Crippen LogP contribution in [0.5, 0.6) is 0 Å². The van der Waals surface area contributed by atoms with Crippen molar-refractivity contribution >= 4 is 11.7 Å². The molecule has 1 aliphatic rings. The van der Waals surface area contributed by atoms with Crippen molar-refractivity contribution in [2.75, 3.05) is 18.4 Å². The number of likely N-dealkylation sites (tertiary alicyclic amines) is 1. The molecule has 1 fully saturated rings. The molecule has 1 saturated heterocycles. The maximum absolute atomic E-state index is 12.4. The van der Waals surface area contributed by atoms with Gasteiger partial charge < -0.3 is 10.2 Å². The fourth-order valence-corrected chi connectivity index (χ4v) is 3.36. The number of aromatic nitrogens is 2. The van der Waals surface area contributed by atoms with Gasteiger partial charge in [-0.3, -0.25) is 4.68 Å². The highest BCUT2D eigenvalue weighted by Gasteiger charge is 2.25. The number of anilines is 1. The maximum atomic E-state index is 12.4. The zero-order chi connectivity index (χ0) is 16.4. The second kappa shape index (κ2) is 6.44. The Morgan fingerprint density at radius 1 is 1.22 bits per heavy atom. The minimum Gasteiger partial charge on any atom is -0.324 e. The van der Waals surface area contributed by atoms with E-state index in [9.17, 15) is 4.79 Å². The first-order valence-corrected chi connectivity index (χ1v) is 8.16. The second-order valence-corrected chi connectivity index (χ2v) is 6.35. The number of benzene rings is 1. The van der Waals surface area contributed by atoms with Gasteiger partial charge in [0, 0.05) is 26.3 Å². The standard InChI is InChI=1S/C18H24N4O/c1-13-6-4-5-7-16(13)15-8-10-22(11-9-15)18(23)19-17-12-21(3)20-14(17)2/h4-7,12,15H,8-11H2,1-3H3,(H,19,23). The molecule has 2 amide bonds. The van der Waals surface area contributed by atoms with Crippen molar-refractivity contribution in [3.8, 4) is 0 Å². The molecule has 0 saturated carbocycles. The highest BCUT2D eigenvalue weighted by atomic mass is 16.2. The summed E-state index contributed by atoms with van der Waals surface area (Å²) >= 11 is 0. The molecular weight excluding hydrogens is 288 g/mol. The Hall–Kier alpha value is -2.30. The third kappa shape index (κ3) is 3.38. The number of amides is 2. The Labute approximate surface area is 137 Å². The van der Waals surface area contributed by atoms with E-state index in [1.54, 1.807) is 4.68 Å². The highest BCUT2D eigenvalue weighted by Crippen LogP contribution is 2.30. The summed E-state index contributed by atoms with van der Waals surface area (Å²) in [4.78, 5) is 14.3. The summed E-state index contributed by atoms with van der Waals surface area (Å²) in [6, 6.07) is 8.54. The van der Waals surface area contributed by atoms with E-state index in [1.165, 1.54) is 11.1 Å². The number of hydrogen-bond donors (Lipinski definition) is 1. The van der Waals surface area contributed by atoms with E-state index in [0.717, 1.165) is 37.3 Å². The topological polar surface area (TPSA) is 50.2 Å². The molecule has 3 rings (SSSR count). The van der Waals surface area contributed by atoms with E-state index in [-0.39, 0.29) is 6.03 Å². The molecule has 0 spiro atoms. The summed E-state index contributed by atoms with van der Waals surface area (Å²) in [5.74, 6) is 0.556. The molecule has 2 aromatic rings. The van der Waals surface area contributed by atoms with Crippen molar-refractivity contribution in [3.63, 3.8) is 0 Å². The van der Waals surface area contributed by atoms with Gasteiger partial charge >= 0.3 is 6.03 Å². The Bertz CT molecular complexity index is 699. The number of carbonyl (C=O) groups is 1. The molecule has 5 nitrogen and oxygen atoms in total. The van der Waals surface area contributed by atoms with E-state index < -0.39 is 0 Å². The van der Waals surface area contributed by atoms with Gasteiger partial charge in [0.15, 0.2) is 0 Å². The third-order valence-electron chi connectivity index (χ3n) is 4.67. The number of urea groups is 1. The molecule has 1 aromatic heterocycles. The fourth-order valence-electron chi connectivity index (χ4n) is 3.36. The van der Waals surface area contributed by atoms with Gasteiger partial charge in [0.2, 0.25) is 0 Å². The molecule has 1 aliphatic heterocycles. The number of rotatable bonds is 2. The smallest absolute Gasteiger partial charge is 0.321 e. The third-order valence-corrected chi connectivity index (χ3v) is 4.67. The average molecular weight is 312 g/mol. The second-order valence-electron chi connectivity index (χ2n) is 6.35. The van der Waals surface area contributed by atoms with Crippen molar-refractivity contribution in [2.24, 2.45) is 7.05 Å². The van der Waals surface area contributed by atoms with Gasteiger partial charge in [0.25, 0.3) is 0 Å². The van der Waals surface area contributed by atoms with Crippen LogP contribution in [0.25, 0.3) is 0 Å². The van der Waals surface area contributed by atoms with Crippen LogP contribution in [-0.2, 0) is 7.05 Å². The van der Waals surface area contributed by atoms with Gasteiger partial charge in [-0.05, 0) is 43.7 Å². The highest BCUT2D eigenvalue weighted by molar-refractivity contribution is 5.89. The summed E-state index contributed by atoms with van der Waals surface area (Å²) < 4.78 is 1.72. The zero-order valence-electron chi connectivity index (χ0n) is 14.0. The lowest BCUT2D eigenvalue weighted by Crippen LogP contribution is -2.40. The zero-order valence-corrected chi connectivity index (χ0v) is 14.0. The van der Waals surface area contributed by atoms with E-state index in [4.69, 9.17) is 0 Å². The molecule has 2 heterocycles. The molecule has 23 heavy (non-hydrogen) atoms. The minimum absolute atomic E-state index is 0.0238. The van der Waals surface area contributed by atoms with Crippen molar-refractivity contribution in [3.05, 3.63) is 47.3 Å². The van der Waals surface area contributed by atoms with E-state index in [1.807, 2.05) is 25.1 Å². The van der Waals surface area contributed by atoms with Crippen LogP contribution in [-0.4, -0.2) is 33.8 Å². The molecule has 0 unspecified atom stereocenters. The Kier molecular flexibility index (Phi) is 4.37. The van der Waals surface area contributed by atoms with Crippen molar-refractivity contribution < 1.29 is 4.79 Å². The predicted molar refractivity (Wildman–Crippen MR) is 91.7 cm³/mol. The van der Waals surface area contributed by atoms with Gasteiger partial charge in [0.05, 0.1) is 11.4 Å². The Morgan fingerprint density at radius 3 is 2.52 bits per heavy atom. The molecular formula is C18H24N4O. The van der Waals surface area contributed by atoms with Gasteiger partial charge in [-0.15, -0.1) is 0 Å². The molecule has 1 aromatic carbocycles. The SMILES string of the molecule is Cc1ccccc1C1CCN(C(=O)Nc2cn(C)nc2C)CC1. The van der Waals surface area contributed by atoms with E-state index in [2.05, 4.69) is 41.6 Å². The van der Waals surface area contributed by atoms with Crippen LogP contribution in [0.4, 0.5) is 10.5 Å². The first-order chi connectivity index (χ1) is 11.0. The summed E-state index contributed by atoms with van der Waals surface area (Å²) in [5, 5.41) is 7.22. The largest absolute Gasteiger partial charge is 0.324 e. The summed E-state index contributed by atoms with van der Waals surface area (Å²) in [5.41, 5.74) is 4.41. The van der Waals surface area contributed by atoms with Crippen LogP contribution in [0.15, 0.2) is 30.5 Å². The molecule has 122 valence electrons. The Balaban J connectivity index is 1.59. The normalized spacial score (nSPS) is 15.7. The van der Waals surface area contributed by atoms with Crippen LogP contribution >= 0.6 is 0 Å². The fraction of sp³-hybridized carbons (Fsp3) is 0.444. The number of aryl methyl sites for hydroxylation is 3. The first kappa shape index (κ1) is 15.6. The van der Waals surface area contributed by atoms with E-state index in [0.29, 0.717) is 5.92 Å². The number of carbonyl (C=O) groups excluding carboxylic acids is 1. The van der Waals surface area contributed by atoms with Crippen LogP contribution in [0.1, 0.15) is 35.6 Å². The van der Waals surface area contributed by atoms with Gasteiger partial charge in [-0.25, -0.2) is 4.79 Å². The summed E-state index contributed by atoms with van der Waals surface area (Å²) in [6.07, 6.45) is 3.88. The number of nitrogens with zero attached hydrogens (tertiary/aromatic N) is 3. The van der Waals surface area contributed by atoms with Crippen LogP contribution in [0, 0.1) is 13.8 Å². The van der Waals surface area contributed by atoms with Gasteiger partial charge in [0.1, 0.15) is 0 Å². The monoisotopic (exact) mass is 312 g/mol. The lowest BCUT2D eigenvalue weighted by molar-refractivity contribution is 0.194. The minimum atomic E-state index is -0.0238. The Morgan fingerprint density at radius 2 is 1.91 bits per heavy atom. The molecule has 0 aliphatic carbocycles. The van der Waals surface area contributed by atoms with Gasteiger partial charge in [-0.1, -0.05) is 24.3 Å². The molecule has 0 bridgehead atoms. The van der Waals surface area contributed by atoms with Crippen LogP contribution in [0.3, 0.4) is 0 Å². The molecule has 0 radical (unpaired) electrons. The van der Waals surface area contributed by atoms with Gasteiger partial charge in [-0.2, -0.15) is 5.10 Å². The van der Waals surface area contributed by atoms with Crippen LogP contribution < -0.4 is 5.32 Å². The first-order valence-electron chi connectivity index (χ1n) is 8.16. The summed E-state index contributed by atoms with van der Waals surface area (Å²) in [6.45, 7) is 5.66. The average Bonchev–Trinajstić information content (AvgIpc) is 2.85. The number of hydrogen-bond acceptors (Lipinski definition) is 2. The lowest BCUT2D eigenvalue weighted by Gasteiger charge is -2.32. The van der Waals surface area contributed by atoms with Crippen molar-refractivity contribution in [2.45, 2.75) is 32.6 Å². The van der Waals surface area contributed by atoms with Crippen LogP contribution in [0.2, 0.25) is 0 Å². The molecule has 1 N–H and O–H groups in total. The maximum Gasteiger partial charge on any atom is 0.321 e.